The van der Waals surface area contributed by atoms with E-state index in [1.54, 1.807) is 39.0 Å². The monoisotopic (exact) mass is 347 g/mol. The van der Waals surface area contributed by atoms with Gasteiger partial charge in [0.1, 0.15) is 17.4 Å². The van der Waals surface area contributed by atoms with E-state index >= 15 is 0 Å². The van der Waals surface area contributed by atoms with Gasteiger partial charge in [-0.25, -0.2) is 0 Å². The van der Waals surface area contributed by atoms with Crippen LogP contribution in [-0.2, 0) is 0 Å². The number of hydrogen-bond acceptors (Lipinski definition) is 6. The highest BCUT2D eigenvalue weighted by Gasteiger charge is 2.27. The van der Waals surface area contributed by atoms with Crippen molar-refractivity contribution in [2.75, 3.05) is 0 Å². The second-order valence-corrected chi connectivity index (χ2v) is 5.79. The molecule has 0 saturated heterocycles. The van der Waals surface area contributed by atoms with E-state index in [0.717, 1.165) is 0 Å². The largest absolute Gasteiger partial charge is 0.418 e. The molecule has 0 saturated carbocycles. The summed E-state index contributed by atoms with van der Waals surface area (Å²) in [7, 11) is 0. The number of halogens is 1. The highest BCUT2D eigenvalue weighted by molar-refractivity contribution is 6.30. The van der Waals surface area contributed by atoms with Crippen molar-refractivity contribution in [3.05, 3.63) is 56.7 Å². The van der Waals surface area contributed by atoms with Crippen LogP contribution in [0.5, 0.6) is 0 Å². The molecular weight excluding hydrogens is 334 g/mol. The molecule has 0 spiro atoms. The first-order valence-electron chi connectivity index (χ1n) is 7.18. The average molecular weight is 348 g/mol. The number of nitrogens with zero attached hydrogens (tertiary/aromatic N) is 5. The van der Waals surface area contributed by atoms with Crippen LogP contribution in [0.3, 0.4) is 0 Å². The molecule has 0 aliphatic rings. The Kier molecular flexibility index (Phi) is 4.06. The van der Waals surface area contributed by atoms with Crippen molar-refractivity contribution in [2.24, 2.45) is 0 Å². The number of rotatable bonds is 4. The molecular formula is C15H14ClN5O3. The average Bonchev–Trinajstić information content (AvgIpc) is 3.11. The van der Waals surface area contributed by atoms with Gasteiger partial charge in [0.2, 0.25) is 11.8 Å². The van der Waals surface area contributed by atoms with Crippen LogP contribution < -0.4 is 0 Å². The number of nitro groups is 1. The van der Waals surface area contributed by atoms with Crippen LogP contribution in [-0.4, -0.2) is 24.9 Å². The van der Waals surface area contributed by atoms with Crippen LogP contribution in [0.1, 0.15) is 30.2 Å². The lowest BCUT2D eigenvalue weighted by atomic mass is 10.2. The van der Waals surface area contributed by atoms with Crippen molar-refractivity contribution in [2.45, 2.75) is 26.8 Å². The minimum absolute atomic E-state index is 0.00331. The summed E-state index contributed by atoms with van der Waals surface area (Å²) in [6.45, 7) is 5.03. The third kappa shape index (κ3) is 2.76. The van der Waals surface area contributed by atoms with Crippen molar-refractivity contribution >= 4 is 17.3 Å². The predicted octanol–water partition coefficient (Wildman–Crippen LogP) is 3.72. The van der Waals surface area contributed by atoms with Crippen LogP contribution in [0.15, 0.2) is 28.7 Å². The molecule has 0 fully saturated rings. The van der Waals surface area contributed by atoms with Gasteiger partial charge in [-0.1, -0.05) is 17.7 Å². The van der Waals surface area contributed by atoms with E-state index in [-0.39, 0.29) is 5.69 Å². The lowest BCUT2D eigenvalue weighted by Crippen LogP contribution is -2.11. The number of hydrogen-bond donors (Lipinski definition) is 0. The topological polar surface area (TPSA) is 99.9 Å². The third-order valence-electron chi connectivity index (χ3n) is 3.71. The number of aryl methyl sites for hydroxylation is 1. The zero-order chi connectivity index (χ0) is 17.4. The molecule has 124 valence electrons. The molecule has 3 rings (SSSR count). The Morgan fingerprint density at radius 2 is 2.08 bits per heavy atom. The van der Waals surface area contributed by atoms with Crippen LogP contribution in [0, 0.1) is 24.0 Å². The highest BCUT2D eigenvalue weighted by atomic mass is 35.5. The molecule has 9 heteroatoms. The molecule has 2 aromatic heterocycles. The Bertz CT molecular complexity index is 918. The first-order chi connectivity index (χ1) is 11.4. The Balaban J connectivity index is 1.96. The van der Waals surface area contributed by atoms with Gasteiger partial charge in [-0.05, 0) is 39.0 Å². The van der Waals surface area contributed by atoms with Gasteiger partial charge in [0.15, 0.2) is 0 Å². The van der Waals surface area contributed by atoms with Gasteiger partial charge in [0.25, 0.3) is 0 Å². The lowest BCUT2D eigenvalue weighted by Gasteiger charge is -2.08. The van der Waals surface area contributed by atoms with E-state index in [2.05, 4.69) is 15.3 Å². The summed E-state index contributed by atoms with van der Waals surface area (Å²) in [6.07, 6.45) is 0. The minimum Gasteiger partial charge on any atom is -0.418 e. The SMILES string of the molecule is Cc1nn([C@@H](C)c2nnc(-c3cccc(Cl)c3)o2)c(C)c1[N+](=O)[O-]. The van der Waals surface area contributed by atoms with Gasteiger partial charge < -0.3 is 4.42 Å². The van der Waals surface area contributed by atoms with Crippen molar-refractivity contribution in [3.8, 4) is 11.5 Å². The van der Waals surface area contributed by atoms with Crippen molar-refractivity contribution in [1.29, 1.82) is 0 Å². The van der Waals surface area contributed by atoms with Crippen molar-refractivity contribution < 1.29 is 9.34 Å². The lowest BCUT2D eigenvalue weighted by molar-refractivity contribution is -0.386. The molecule has 0 N–H and O–H groups in total. The fourth-order valence-corrected chi connectivity index (χ4v) is 2.73. The van der Waals surface area contributed by atoms with E-state index in [1.165, 1.54) is 4.68 Å². The molecule has 8 nitrogen and oxygen atoms in total. The summed E-state index contributed by atoms with van der Waals surface area (Å²) in [6, 6.07) is 6.63. The Hall–Kier alpha value is -2.74. The fraction of sp³-hybridized carbons (Fsp3) is 0.267. The van der Waals surface area contributed by atoms with Crippen LogP contribution in [0.25, 0.3) is 11.5 Å². The highest BCUT2D eigenvalue weighted by Crippen LogP contribution is 2.29. The second-order valence-electron chi connectivity index (χ2n) is 5.35. The molecule has 0 radical (unpaired) electrons. The number of benzene rings is 1. The molecule has 0 aliphatic carbocycles. The smallest absolute Gasteiger partial charge is 0.312 e. The Morgan fingerprint density at radius 3 is 2.71 bits per heavy atom. The van der Waals surface area contributed by atoms with Crippen LogP contribution in [0.4, 0.5) is 5.69 Å². The normalized spacial score (nSPS) is 12.3. The number of aromatic nitrogens is 4. The molecule has 0 aliphatic heterocycles. The summed E-state index contributed by atoms with van der Waals surface area (Å²) in [5.41, 5.74) is 1.48. The minimum atomic E-state index is -0.438. The zero-order valence-electron chi connectivity index (χ0n) is 13.2. The fourth-order valence-electron chi connectivity index (χ4n) is 2.54. The van der Waals surface area contributed by atoms with Gasteiger partial charge in [-0.15, -0.1) is 10.2 Å². The molecule has 1 aromatic carbocycles. The summed E-state index contributed by atoms with van der Waals surface area (Å²) in [4.78, 5) is 10.7. The molecule has 0 amide bonds. The Morgan fingerprint density at radius 1 is 1.33 bits per heavy atom. The standard InChI is InChI=1S/C15H14ClN5O3/c1-8-13(21(22)23)9(2)20(19-8)10(3)14-17-18-15(24-14)11-5-4-6-12(16)7-11/h4-7,10H,1-3H3/t10-/m0/s1. The summed E-state index contributed by atoms with van der Waals surface area (Å²) >= 11 is 5.96. The van der Waals surface area contributed by atoms with E-state index in [0.29, 0.717) is 33.8 Å². The van der Waals surface area contributed by atoms with Crippen LogP contribution in [0.2, 0.25) is 5.02 Å². The van der Waals surface area contributed by atoms with E-state index in [9.17, 15) is 10.1 Å². The molecule has 0 bridgehead atoms. The quantitative estimate of drug-likeness (QED) is 0.526. The van der Waals surface area contributed by atoms with Crippen molar-refractivity contribution in [1.82, 2.24) is 20.0 Å². The van der Waals surface area contributed by atoms with E-state index in [4.69, 9.17) is 16.0 Å². The van der Waals surface area contributed by atoms with E-state index in [1.807, 2.05) is 6.07 Å². The maximum Gasteiger partial charge on any atom is 0.312 e. The van der Waals surface area contributed by atoms with Crippen molar-refractivity contribution in [3.63, 3.8) is 0 Å². The summed E-state index contributed by atoms with van der Waals surface area (Å²) in [5, 5.41) is 24.0. The summed E-state index contributed by atoms with van der Waals surface area (Å²) < 4.78 is 7.21. The van der Waals surface area contributed by atoms with E-state index < -0.39 is 11.0 Å². The van der Waals surface area contributed by atoms with Gasteiger partial charge in [-0.2, -0.15) is 5.10 Å². The first-order valence-corrected chi connectivity index (χ1v) is 7.55. The van der Waals surface area contributed by atoms with Gasteiger partial charge >= 0.3 is 5.69 Å². The molecule has 2 heterocycles. The second kappa shape index (κ2) is 6.04. The summed E-state index contributed by atoms with van der Waals surface area (Å²) in [5.74, 6) is 0.640. The Labute approximate surface area is 142 Å². The molecule has 3 aromatic rings. The zero-order valence-corrected chi connectivity index (χ0v) is 14.0. The first kappa shape index (κ1) is 16.1. The third-order valence-corrected chi connectivity index (χ3v) is 3.94. The molecule has 24 heavy (non-hydrogen) atoms. The van der Waals surface area contributed by atoms with Crippen LogP contribution >= 0.6 is 11.6 Å². The maximum absolute atomic E-state index is 11.1. The maximum atomic E-state index is 11.1. The van der Waals surface area contributed by atoms with Gasteiger partial charge in [0, 0.05) is 10.6 Å². The molecule has 0 unspecified atom stereocenters. The molecule has 1 atom stereocenters. The van der Waals surface area contributed by atoms with Gasteiger partial charge in [0.05, 0.1) is 4.92 Å². The predicted molar refractivity (Wildman–Crippen MR) is 86.9 cm³/mol. The van der Waals surface area contributed by atoms with Gasteiger partial charge in [-0.3, -0.25) is 14.8 Å².